The summed E-state index contributed by atoms with van der Waals surface area (Å²) in [5.41, 5.74) is 5.22. The topological polar surface area (TPSA) is 103 Å². The van der Waals surface area contributed by atoms with Crippen LogP contribution in [-0.2, 0) is 4.79 Å². The lowest BCUT2D eigenvalue weighted by Crippen LogP contribution is -2.35. The molecule has 0 spiro atoms. The smallest absolute Gasteiger partial charge is 0.253 e. The van der Waals surface area contributed by atoms with E-state index < -0.39 is 6.17 Å². The van der Waals surface area contributed by atoms with Crippen molar-refractivity contribution >= 4 is 23.6 Å². The highest BCUT2D eigenvalue weighted by atomic mass is 16.2. The molecule has 0 aromatic heterocycles. The SMILES string of the molecule is CCCN(CCC)C(=O)C1=Cc2ccc(-c3ccc(C(=O)N4CCCCC4)cc3)cc2NC(N=NN)C1. The first-order valence-corrected chi connectivity index (χ1v) is 13.4. The van der Waals surface area contributed by atoms with Crippen molar-refractivity contribution in [1.29, 1.82) is 0 Å². The number of amides is 2. The van der Waals surface area contributed by atoms with Gasteiger partial charge in [-0.1, -0.05) is 43.3 Å². The maximum absolute atomic E-state index is 13.4. The number of hydrogen-bond acceptors (Lipinski definition) is 5. The zero-order valence-corrected chi connectivity index (χ0v) is 21.9. The van der Waals surface area contributed by atoms with Crippen LogP contribution < -0.4 is 11.2 Å². The fourth-order valence-corrected chi connectivity index (χ4v) is 5.11. The average molecular weight is 503 g/mol. The molecule has 0 aliphatic carbocycles. The minimum Gasteiger partial charge on any atom is -0.361 e. The summed E-state index contributed by atoms with van der Waals surface area (Å²) < 4.78 is 0. The zero-order valence-electron chi connectivity index (χ0n) is 21.9. The summed E-state index contributed by atoms with van der Waals surface area (Å²) in [4.78, 5) is 30.1. The first-order chi connectivity index (χ1) is 18.0. The molecule has 2 aromatic carbocycles. The normalized spacial score (nSPS) is 17.5. The molecule has 1 atom stereocenters. The van der Waals surface area contributed by atoms with Gasteiger partial charge in [-0.15, -0.1) is 5.11 Å². The molecule has 0 radical (unpaired) electrons. The third-order valence-electron chi connectivity index (χ3n) is 6.98. The van der Waals surface area contributed by atoms with E-state index >= 15 is 0 Å². The lowest BCUT2D eigenvalue weighted by Gasteiger charge is -2.26. The molecule has 8 nitrogen and oxygen atoms in total. The van der Waals surface area contributed by atoms with Crippen LogP contribution in [0.5, 0.6) is 0 Å². The van der Waals surface area contributed by atoms with Gasteiger partial charge >= 0.3 is 0 Å². The second kappa shape index (κ2) is 12.5. The Bertz CT molecular complexity index is 1150. The number of nitrogens with two attached hydrogens (primary N) is 1. The van der Waals surface area contributed by atoms with Gasteiger partial charge in [-0.05, 0) is 73.1 Å². The van der Waals surface area contributed by atoms with Crippen molar-refractivity contribution in [2.75, 3.05) is 31.5 Å². The molecule has 37 heavy (non-hydrogen) atoms. The molecule has 0 saturated carbocycles. The predicted octanol–water partition coefficient (Wildman–Crippen LogP) is 5.48. The van der Waals surface area contributed by atoms with E-state index in [0.29, 0.717) is 12.0 Å². The number of hydrogen-bond donors (Lipinski definition) is 2. The number of benzene rings is 2. The maximum Gasteiger partial charge on any atom is 0.253 e. The van der Waals surface area contributed by atoms with Crippen LogP contribution >= 0.6 is 0 Å². The minimum atomic E-state index is -0.439. The van der Waals surface area contributed by atoms with Gasteiger partial charge in [0.2, 0.25) is 5.91 Å². The van der Waals surface area contributed by atoms with Crippen molar-refractivity contribution in [2.45, 2.75) is 58.5 Å². The average Bonchev–Trinajstić information content (AvgIpc) is 3.11. The summed E-state index contributed by atoms with van der Waals surface area (Å²) in [7, 11) is 0. The number of rotatable bonds is 8. The quantitative estimate of drug-likeness (QED) is 0.283. The molecule has 0 bridgehead atoms. The van der Waals surface area contributed by atoms with Gasteiger partial charge in [-0.25, -0.2) is 0 Å². The summed E-state index contributed by atoms with van der Waals surface area (Å²) in [6.45, 7) is 7.29. The first-order valence-electron chi connectivity index (χ1n) is 13.4. The van der Waals surface area contributed by atoms with Crippen LogP contribution in [0.2, 0.25) is 0 Å². The third-order valence-corrected chi connectivity index (χ3v) is 6.98. The van der Waals surface area contributed by atoms with E-state index in [-0.39, 0.29) is 11.8 Å². The molecular weight excluding hydrogens is 464 g/mol. The van der Waals surface area contributed by atoms with Crippen LogP contribution in [0, 0.1) is 0 Å². The van der Waals surface area contributed by atoms with E-state index in [0.717, 1.165) is 79.8 Å². The van der Waals surface area contributed by atoms with Gasteiger partial charge < -0.3 is 21.0 Å². The highest BCUT2D eigenvalue weighted by molar-refractivity contribution is 5.99. The Hall–Kier alpha value is -3.68. The van der Waals surface area contributed by atoms with Crippen LogP contribution in [0.25, 0.3) is 17.2 Å². The van der Waals surface area contributed by atoms with E-state index in [1.165, 1.54) is 6.42 Å². The van der Waals surface area contributed by atoms with Crippen LogP contribution in [0.1, 0.15) is 68.3 Å². The molecule has 196 valence electrons. The second-order valence-corrected chi connectivity index (χ2v) is 9.79. The predicted molar refractivity (Wildman–Crippen MR) is 148 cm³/mol. The lowest BCUT2D eigenvalue weighted by molar-refractivity contribution is -0.127. The third kappa shape index (κ3) is 6.37. The number of anilines is 1. The van der Waals surface area contributed by atoms with Gasteiger partial charge in [0.25, 0.3) is 5.91 Å². The number of nitrogens with zero attached hydrogens (tertiary/aromatic N) is 4. The molecule has 3 N–H and O–H groups in total. The van der Waals surface area contributed by atoms with E-state index in [9.17, 15) is 9.59 Å². The van der Waals surface area contributed by atoms with Gasteiger partial charge in [-0.3, -0.25) is 9.59 Å². The summed E-state index contributed by atoms with van der Waals surface area (Å²) in [5, 5.41) is 11.1. The number of nitrogens with one attached hydrogen (secondary N) is 1. The second-order valence-electron chi connectivity index (χ2n) is 9.79. The summed E-state index contributed by atoms with van der Waals surface area (Å²) in [6, 6.07) is 13.9. The van der Waals surface area contributed by atoms with E-state index in [2.05, 4.69) is 35.6 Å². The first kappa shape index (κ1) is 26.4. The number of piperidine rings is 1. The molecule has 1 unspecified atom stereocenters. The van der Waals surface area contributed by atoms with Gasteiger partial charge in [0.15, 0.2) is 0 Å². The number of likely N-dealkylation sites (tertiary alicyclic amines) is 1. The summed E-state index contributed by atoms with van der Waals surface area (Å²) in [5.74, 6) is 5.53. The Morgan fingerprint density at radius 1 is 1.00 bits per heavy atom. The Balaban J connectivity index is 1.60. The molecule has 2 aliphatic heterocycles. The van der Waals surface area contributed by atoms with Crippen LogP contribution in [0.15, 0.2) is 58.4 Å². The van der Waals surface area contributed by atoms with Crippen molar-refractivity contribution in [3.63, 3.8) is 0 Å². The van der Waals surface area contributed by atoms with Crippen molar-refractivity contribution in [2.24, 2.45) is 16.2 Å². The summed E-state index contributed by atoms with van der Waals surface area (Å²) >= 11 is 0. The van der Waals surface area contributed by atoms with Crippen LogP contribution in [0.3, 0.4) is 0 Å². The van der Waals surface area contributed by atoms with Crippen molar-refractivity contribution in [1.82, 2.24) is 9.80 Å². The highest BCUT2D eigenvalue weighted by Gasteiger charge is 2.25. The largest absolute Gasteiger partial charge is 0.361 e. The Morgan fingerprint density at radius 2 is 1.68 bits per heavy atom. The van der Waals surface area contributed by atoms with Crippen LogP contribution in [-0.4, -0.2) is 54.0 Å². The van der Waals surface area contributed by atoms with E-state index in [1.807, 2.05) is 52.3 Å². The monoisotopic (exact) mass is 502 g/mol. The molecule has 2 aliphatic rings. The van der Waals surface area contributed by atoms with E-state index in [1.54, 1.807) is 0 Å². The van der Waals surface area contributed by atoms with Gasteiger partial charge in [0.1, 0.15) is 6.17 Å². The molecule has 8 heteroatoms. The lowest BCUT2D eigenvalue weighted by atomic mass is 9.99. The maximum atomic E-state index is 13.4. The molecule has 2 heterocycles. The molecule has 1 fully saturated rings. The number of carbonyl (C=O) groups excluding carboxylic acids is 2. The Kier molecular flexibility index (Phi) is 8.93. The highest BCUT2D eigenvalue weighted by Crippen LogP contribution is 2.32. The van der Waals surface area contributed by atoms with Crippen molar-refractivity contribution in [3.05, 3.63) is 59.2 Å². The number of fused-ring (bicyclic) bond motifs is 1. The van der Waals surface area contributed by atoms with Crippen molar-refractivity contribution in [3.8, 4) is 11.1 Å². The van der Waals surface area contributed by atoms with E-state index in [4.69, 9.17) is 5.84 Å². The standard InChI is InChI=1S/C29H38N6O2/c1-3-14-34(15-4-2)29(37)25-18-24-13-12-23(19-26(24)31-27(20-25)32-33-30)21-8-10-22(11-9-21)28(36)35-16-6-5-7-17-35/h8-13,18-19,27,31H,3-7,14-17,20H2,1-2H3,(H2,30,32). The molecule has 2 aromatic rings. The molecule has 1 saturated heterocycles. The number of carbonyl (C=O) groups is 2. The fourth-order valence-electron chi connectivity index (χ4n) is 5.11. The molecule has 4 rings (SSSR count). The molecule has 2 amide bonds. The van der Waals surface area contributed by atoms with Crippen LogP contribution in [0.4, 0.5) is 5.69 Å². The minimum absolute atomic E-state index is 0.0357. The van der Waals surface area contributed by atoms with Gasteiger partial charge in [-0.2, -0.15) is 0 Å². The Labute approximate surface area is 219 Å². The van der Waals surface area contributed by atoms with Gasteiger partial charge in [0, 0.05) is 49.4 Å². The zero-order chi connectivity index (χ0) is 26.2. The Morgan fingerprint density at radius 3 is 2.32 bits per heavy atom. The van der Waals surface area contributed by atoms with Crippen molar-refractivity contribution < 1.29 is 9.59 Å². The fraction of sp³-hybridized carbons (Fsp3) is 0.448. The summed E-state index contributed by atoms with van der Waals surface area (Å²) in [6.07, 6.45) is 7.09. The van der Waals surface area contributed by atoms with Gasteiger partial charge in [0.05, 0.1) is 0 Å². The molecular formula is C29H38N6O2.